The summed E-state index contributed by atoms with van der Waals surface area (Å²) in [5, 5.41) is 0. The number of aromatic nitrogens is 1. The first kappa shape index (κ1) is 16.7. The summed E-state index contributed by atoms with van der Waals surface area (Å²) < 4.78 is 5.78. The lowest BCUT2D eigenvalue weighted by Crippen LogP contribution is -2.41. The summed E-state index contributed by atoms with van der Waals surface area (Å²) in [5.41, 5.74) is 3.11. The van der Waals surface area contributed by atoms with Crippen LogP contribution in [0.5, 0.6) is 0 Å². The Labute approximate surface area is 143 Å². The quantitative estimate of drug-likeness (QED) is 0.814. The molecule has 2 aromatic rings. The van der Waals surface area contributed by atoms with Gasteiger partial charge in [-0.05, 0) is 32.6 Å². The fraction of sp³-hybridized carbons (Fsp3) is 0.500. The van der Waals surface area contributed by atoms with E-state index in [1.807, 2.05) is 11.8 Å². The minimum Gasteiger partial charge on any atom is -0.446 e. The predicted molar refractivity (Wildman–Crippen MR) is 94.4 cm³/mol. The second-order valence-corrected chi connectivity index (χ2v) is 6.79. The van der Waals surface area contributed by atoms with Gasteiger partial charge in [-0.1, -0.05) is 43.7 Å². The van der Waals surface area contributed by atoms with E-state index < -0.39 is 0 Å². The Balaban J connectivity index is 1.84. The van der Waals surface area contributed by atoms with Crippen molar-refractivity contribution in [3.63, 3.8) is 0 Å². The van der Waals surface area contributed by atoms with Gasteiger partial charge in [-0.25, -0.2) is 4.98 Å². The van der Waals surface area contributed by atoms with Gasteiger partial charge in [0, 0.05) is 18.0 Å². The van der Waals surface area contributed by atoms with E-state index in [1.54, 1.807) is 6.26 Å². The van der Waals surface area contributed by atoms with E-state index in [-0.39, 0.29) is 17.9 Å². The van der Waals surface area contributed by atoms with Crippen molar-refractivity contribution in [2.24, 2.45) is 5.92 Å². The van der Waals surface area contributed by atoms with E-state index in [4.69, 9.17) is 9.40 Å². The number of carbonyl (C=O) groups excluding carboxylic acids is 1. The summed E-state index contributed by atoms with van der Waals surface area (Å²) >= 11 is 0. The molecule has 1 amide bonds. The third-order valence-electron chi connectivity index (χ3n) is 4.97. The number of carbonyl (C=O) groups is 1. The normalized spacial score (nSPS) is 19.3. The van der Waals surface area contributed by atoms with Crippen LogP contribution < -0.4 is 0 Å². The van der Waals surface area contributed by atoms with Gasteiger partial charge < -0.3 is 9.32 Å². The number of oxazole rings is 1. The number of amides is 1. The molecule has 1 fully saturated rings. The average Bonchev–Trinajstić information content (AvgIpc) is 3.11. The Morgan fingerprint density at radius 3 is 2.79 bits per heavy atom. The van der Waals surface area contributed by atoms with Crippen LogP contribution in [0, 0.1) is 12.8 Å². The summed E-state index contributed by atoms with van der Waals surface area (Å²) in [6, 6.07) is 8.23. The van der Waals surface area contributed by atoms with E-state index in [0.29, 0.717) is 5.89 Å². The number of piperidine rings is 1. The van der Waals surface area contributed by atoms with E-state index in [9.17, 15) is 4.79 Å². The van der Waals surface area contributed by atoms with Crippen LogP contribution in [0.25, 0.3) is 11.3 Å². The Morgan fingerprint density at radius 2 is 2.08 bits per heavy atom. The molecule has 1 aromatic heterocycles. The van der Waals surface area contributed by atoms with E-state index >= 15 is 0 Å². The van der Waals surface area contributed by atoms with Crippen molar-refractivity contribution in [3.8, 4) is 11.3 Å². The molecular formula is C20H26N2O2. The molecule has 4 nitrogen and oxygen atoms in total. The highest BCUT2D eigenvalue weighted by Gasteiger charge is 2.33. The molecule has 4 heteroatoms. The molecule has 3 rings (SSSR count). The summed E-state index contributed by atoms with van der Waals surface area (Å²) in [6.07, 6.45) is 5.67. The maximum Gasteiger partial charge on any atom is 0.226 e. The van der Waals surface area contributed by atoms with Crippen LogP contribution in [-0.4, -0.2) is 22.3 Å². The van der Waals surface area contributed by atoms with Gasteiger partial charge in [-0.2, -0.15) is 0 Å². The van der Waals surface area contributed by atoms with Crippen LogP contribution in [0.15, 0.2) is 34.9 Å². The predicted octanol–water partition coefficient (Wildman–Crippen LogP) is 4.75. The third-order valence-corrected chi connectivity index (χ3v) is 4.97. The fourth-order valence-corrected chi connectivity index (χ4v) is 3.21. The molecule has 1 saturated heterocycles. The Kier molecular flexibility index (Phi) is 5.03. The molecule has 2 heterocycles. The van der Waals surface area contributed by atoms with E-state index in [2.05, 4.69) is 38.1 Å². The molecule has 0 spiro atoms. The SMILES string of the molecule is CCC(C)C(=O)N1CCCCC1c1nc(-c2ccc(C)cc2)co1. The Hall–Kier alpha value is -2.10. The maximum atomic E-state index is 12.7. The Bertz CT molecular complexity index is 690. The van der Waals surface area contributed by atoms with Crippen molar-refractivity contribution in [2.45, 2.75) is 52.5 Å². The molecule has 0 bridgehead atoms. The van der Waals surface area contributed by atoms with Crippen molar-refractivity contribution < 1.29 is 9.21 Å². The number of rotatable bonds is 4. The summed E-state index contributed by atoms with van der Waals surface area (Å²) in [4.78, 5) is 19.3. The summed E-state index contributed by atoms with van der Waals surface area (Å²) in [7, 11) is 0. The minimum atomic E-state index is -0.0283. The van der Waals surface area contributed by atoms with Crippen molar-refractivity contribution in [1.82, 2.24) is 9.88 Å². The zero-order valence-electron chi connectivity index (χ0n) is 14.8. The molecule has 0 N–H and O–H groups in total. The van der Waals surface area contributed by atoms with Gasteiger partial charge in [0.25, 0.3) is 0 Å². The number of benzene rings is 1. The fourth-order valence-electron chi connectivity index (χ4n) is 3.21. The van der Waals surface area contributed by atoms with Crippen molar-refractivity contribution >= 4 is 5.91 Å². The van der Waals surface area contributed by atoms with Crippen molar-refractivity contribution in [1.29, 1.82) is 0 Å². The average molecular weight is 326 g/mol. The second kappa shape index (κ2) is 7.20. The molecule has 0 radical (unpaired) electrons. The molecule has 1 aliphatic rings. The molecule has 1 aliphatic heterocycles. The van der Waals surface area contributed by atoms with Gasteiger partial charge in [-0.3, -0.25) is 4.79 Å². The van der Waals surface area contributed by atoms with Gasteiger partial charge in [-0.15, -0.1) is 0 Å². The smallest absolute Gasteiger partial charge is 0.226 e. The van der Waals surface area contributed by atoms with Crippen LogP contribution in [0.2, 0.25) is 0 Å². The monoisotopic (exact) mass is 326 g/mol. The molecule has 2 unspecified atom stereocenters. The van der Waals surface area contributed by atoms with Gasteiger partial charge in [0.05, 0.1) is 0 Å². The number of nitrogens with zero attached hydrogens (tertiary/aromatic N) is 2. The number of hydrogen-bond acceptors (Lipinski definition) is 3. The highest BCUT2D eigenvalue weighted by Crippen LogP contribution is 2.33. The topological polar surface area (TPSA) is 46.3 Å². The van der Waals surface area contributed by atoms with Gasteiger partial charge in [0.15, 0.2) is 0 Å². The molecular weight excluding hydrogens is 300 g/mol. The van der Waals surface area contributed by atoms with E-state index in [0.717, 1.165) is 43.5 Å². The van der Waals surface area contributed by atoms with Crippen molar-refractivity contribution in [3.05, 3.63) is 42.0 Å². The third kappa shape index (κ3) is 3.37. The zero-order valence-corrected chi connectivity index (χ0v) is 14.8. The highest BCUT2D eigenvalue weighted by atomic mass is 16.3. The highest BCUT2D eigenvalue weighted by molar-refractivity contribution is 5.79. The van der Waals surface area contributed by atoms with Crippen LogP contribution in [0.4, 0.5) is 0 Å². The zero-order chi connectivity index (χ0) is 17.1. The largest absolute Gasteiger partial charge is 0.446 e. The summed E-state index contributed by atoms with van der Waals surface area (Å²) in [6.45, 7) is 6.93. The molecule has 0 aliphatic carbocycles. The van der Waals surface area contributed by atoms with Crippen molar-refractivity contribution in [2.75, 3.05) is 6.54 Å². The van der Waals surface area contributed by atoms with Crippen LogP contribution in [-0.2, 0) is 4.79 Å². The van der Waals surface area contributed by atoms with Crippen LogP contribution in [0.3, 0.4) is 0 Å². The molecule has 1 aromatic carbocycles. The lowest BCUT2D eigenvalue weighted by molar-refractivity contribution is -0.139. The first-order chi connectivity index (χ1) is 11.6. The van der Waals surface area contributed by atoms with Crippen LogP contribution >= 0.6 is 0 Å². The standard InChI is InChI=1S/C20H26N2O2/c1-4-15(3)20(23)22-12-6-5-7-18(22)19-21-17(13-24-19)16-10-8-14(2)9-11-16/h8-11,13,15,18H,4-7,12H2,1-3H3. The van der Waals surface area contributed by atoms with Gasteiger partial charge in [0.1, 0.15) is 18.0 Å². The minimum absolute atomic E-state index is 0.0283. The van der Waals surface area contributed by atoms with E-state index in [1.165, 1.54) is 5.56 Å². The lowest BCUT2D eigenvalue weighted by Gasteiger charge is -2.35. The lowest BCUT2D eigenvalue weighted by atomic mass is 9.98. The molecule has 128 valence electrons. The first-order valence-electron chi connectivity index (χ1n) is 8.93. The maximum absolute atomic E-state index is 12.7. The second-order valence-electron chi connectivity index (χ2n) is 6.79. The van der Waals surface area contributed by atoms with Crippen LogP contribution in [0.1, 0.15) is 57.0 Å². The number of aryl methyl sites for hydroxylation is 1. The summed E-state index contributed by atoms with van der Waals surface area (Å²) in [5.74, 6) is 0.941. The van der Waals surface area contributed by atoms with Gasteiger partial charge in [0.2, 0.25) is 11.8 Å². The molecule has 2 atom stereocenters. The first-order valence-corrected chi connectivity index (χ1v) is 8.93. The molecule has 24 heavy (non-hydrogen) atoms. The number of likely N-dealkylation sites (tertiary alicyclic amines) is 1. The number of hydrogen-bond donors (Lipinski definition) is 0. The Morgan fingerprint density at radius 1 is 1.33 bits per heavy atom. The molecule has 0 saturated carbocycles. The van der Waals surface area contributed by atoms with Gasteiger partial charge >= 0.3 is 0 Å².